The Morgan fingerprint density at radius 1 is 0.762 bits per heavy atom. The van der Waals surface area contributed by atoms with Gasteiger partial charge in [-0.15, -0.1) is 0 Å². The second-order valence-electron chi connectivity index (χ2n) is 21.5. The minimum atomic E-state index is -2.53. The number of fused-ring (bicyclic) bond motifs is 5. The molecular formula is C60H64N2O18. The molecule has 1 heterocycles. The zero-order valence-corrected chi connectivity index (χ0v) is 45.0. The molecule has 2 bridgehead atoms. The molecule has 1 aliphatic heterocycles. The van der Waals surface area contributed by atoms with Gasteiger partial charge in [-0.2, -0.15) is 0 Å². The maximum atomic E-state index is 16.3. The molecule has 2 saturated carbocycles. The fourth-order valence-corrected chi connectivity index (χ4v) is 12.1. The Morgan fingerprint density at radius 2 is 1.38 bits per heavy atom. The lowest BCUT2D eigenvalue weighted by molar-refractivity contribution is -0.345. The highest BCUT2D eigenvalue weighted by Crippen LogP contribution is 2.65. The number of rotatable bonds is 18. The van der Waals surface area contributed by atoms with Crippen molar-refractivity contribution in [2.24, 2.45) is 16.7 Å². The van der Waals surface area contributed by atoms with Crippen LogP contribution in [0.15, 0.2) is 126 Å². The third kappa shape index (κ3) is 11.2. The number of alkyl carbamates (subject to hydrolysis) is 1. The third-order valence-corrected chi connectivity index (χ3v) is 16.2. The number of aliphatic hydroxyl groups is 2. The SMILES string of the molecule is CC(=O)O[C@H]1C(=O)[C@]2(C)[C@@H](OC(=O)NCCCC(=O)Cc3ccc(C(=O)O)cc3)C[C@H]3OC[C@@]3(OC(C)=O)[C@H]2[C@H](OC(=O)c2ccccc2)[C@]2(O)C[C@H](OC(=O)[C@H](O)[C@@H](NC(=O)c3ccccc3)c3ccccc3)C(C)=C1C2(C)C. The van der Waals surface area contributed by atoms with E-state index in [-0.39, 0.29) is 65.8 Å². The highest BCUT2D eigenvalue weighted by atomic mass is 16.6. The maximum absolute atomic E-state index is 16.3. The summed E-state index contributed by atoms with van der Waals surface area (Å²) in [7, 11) is 0. The van der Waals surface area contributed by atoms with E-state index in [9.17, 15) is 53.7 Å². The lowest BCUT2D eigenvalue weighted by Crippen LogP contribution is -2.82. The van der Waals surface area contributed by atoms with E-state index < -0.39 is 131 Å². The molecule has 2 amide bonds. The average molecular weight is 1100 g/mol. The molecule has 3 fully saturated rings. The van der Waals surface area contributed by atoms with E-state index in [1.165, 1.54) is 64.1 Å². The van der Waals surface area contributed by atoms with Crippen LogP contribution in [0.4, 0.5) is 4.79 Å². The van der Waals surface area contributed by atoms with Gasteiger partial charge in [0.2, 0.25) is 0 Å². The fraction of sp³-hybridized carbons (Fsp3) is 0.417. The van der Waals surface area contributed by atoms with E-state index in [0.29, 0.717) is 11.1 Å². The second kappa shape index (κ2) is 23.3. The van der Waals surface area contributed by atoms with E-state index in [4.69, 9.17) is 28.4 Å². The van der Waals surface area contributed by atoms with Crippen molar-refractivity contribution in [1.29, 1.82) is 0 Å². The number of nitrogens with one attached hydrogen (secondary N) is 2. The normalized spacial score (nSPS) is 27.1. The molecule has 20 heteroatoms. The number of carbonyl (C=O) groups is 9. The highest BCUT2D eigenvalue weighted by molar-refractivity contribution is 5.97. The summed E-state index contributed by atoms with van der Waals surface area (Å²) in [6, 6.07) is 28.4. The van der Waals surface area contributed by atoms with Crippen molar-refractivity contribution < 1.29 is 86.9 Å². The number of carboxylic acid groups (broad SMARTS) is 1. The van der Waals surface area contributed by atoms with Crippen LogP contribution in [0.2, 0.25) is 0 Å². The summed E-state index contributed by atoms with van der Waals surface area (Å²) >= 11 is 0. The van der Waals surface area contributed by atoms with Crippen molar-refractivity contribution in [1.82, 2.24) is 10.6 Å². The van der Waals surface area contributed by atoms with E-state index in [0.717, 1.165) is 13.8 Å². The van der Waals surface area contributed by atoms with Gasteiger partial charge in [-0.25, -0.2) is 19.2 Å². The van der Waals surface area contributed by atoms with Crippen LogP contribution < -0.4 is 10.6 Å². The van der Waals surface area contributed by atoms with Gasteiger partial charge in [0.1, 0.15) is 35.8 Å². The minimum Gasteiger partial charge on any atom is -0.478 e. The molecule has 20 nitrogen and oxygen atoms in total. The molecule has 80 heavy (non-hydrogen) atoms. The number of Topliss-reactive ketones (excluding diaryl/α,β-unsaturated/α-hetero) is 2. The zero-order valence-electron chi connectivity index (χ0n) is 45.0. The Kier molecular flexibility index (Phi) is 16.9. The molecule has 0 spiro atoms. The molecule has 4 aliphatic rings. The maximum Gasteiger partial charge on any atom is 0.407 e. The summed E-state index contributed by atoms with van der Waals surface area (Å²) in [5, 5.41) is 40.6. The monoisotopic (exact) mass is 1100 g/mol. The molecule has 5 N–H and O–H groups in total. The number of ketones is 2. The zero-order chi connectivity index (χ0) is 57.9. The van der Waals surface area contributed by atoms with Crippen molar-refractivity contribution in [2.45, 2.75) is 128 Å². The number of aromatic carboxylic acids is 1. The van der Waals surface area contributed by atoms with Crippen LogP contribution >= 0.6 is 0 Å². The first-order valence-corrected chi connectivity index (χ1v) is 26.2. The number of benzene rings is 4. The molecule has 0 radical (unpaired) electrons. The van der Waals surface area contributed by atoms with Crippen LogP contribution in [0.1, 0.15) is 115 Å². The van der Waals surface area contributed by atoms with Gasteiger partial charge < -0.3 is 54.4 Å². The third-order valence-electron chi connectivity index (χ3n) is 16.2. The van der Waals surface area contributed by atoms with E-state index in [2.05, 4.69) is 10.6 Å². The van der Waals surface area contributed by atoms with Crippen molar-refractivity contribution in [3.8, 4) is 0 Å². The van der Waals surface area contributed by atoms with Crippen LogP contribution in [0.25, 0.3) is 0 Å². The average Bonchev–Trinajstić information content (AvgIpc) is 3.52. The summed E-state index contributed by atoms with van der Waals surface area (Å²) < 4.78 is 37.2. The topological polar surface area (TPSA) is 294 Å². The number of carboxylic acids is 1. The van der Waals surface area contributed by atoms with Gasteiger partial charge in [-0.1, -0.05) is 92.7 Å². The molecule has 11 atom stereocenters. The number of amides is 2. The lowest BCUT2D eigenvalue weighted by Gasteiger charge is -2.67. The molecule has 4 aromatic rings. The number of aliphatic hydroxyl groups excluding tert-OH is 1. The van der Waals surface area contributed by atoms with Gasteiger partial charge in [0.25, 0.3) is 5.91 Å². The van der Waals surface area contributed by atoms with Crippen LogP contribution in [0.3, 0.4) is 0 Å². The van der Waals surface area contributed by atoms with Gasteiger partial charge >= 0.3 is 35.9 Å². The number of hydrogen-bond donors (Lipinski definition) is 5. The molecule has 3 aliphatic carbocycles. The quantitative estimate of drug-likeness (QED) is 0.0342. The van der Waals surface area contributed by atoms with Crippen molar-refractivity contribution in [3.63, 3.8) is 0 Å². The van der Waals surface area contributed by atoms with Gasteiger partial charge in [0.05, 0.1) is 35.1 Å². The summed E-state index contributed by atoms with van der Waals surface area (Å²) in [6.07, 6.45) is -12.2. The Labute approximate surface area is 461 Å². The first kappa shape index (κ1) is 58.1. The molecule has 1 saturated heterocycles. The first-order chi connectivity index (χ1) is 37.9. The Morgan fingerprint density at radius 3 is 1.95 bits per heavy atom. The molecule has 4 aromatic carbocycles. The summed E-state index contributed by atoms with van der Waals surface area (Å²) in [5.41, 5.74) is -7.27. The molecule has 422 valence electrons. The highest BCUT2D eigenvalue weighted by Gasteiger charge is 2.79. The van der Waals surface area contributed by atoms with Crippen molar-refractivity contribution in [2.75, 3.05) is 13.2 Å². The largest absolute Gasteiger partial charge is 0.478 e. The molecule has 0 unspecified atom stereocenters. The van der Waals surface area contributed by atoms with Crippen LogP contribution in [0, 0.1) is 16.7 Å². The number of esters is 4. The molecule has 8 rings (SSSR count). The summed E-state index contributed by atoms with van der Waals surface area (Å²) in [4.78, 5) is 124. The van der Waals surface area contributed by atoms with Gasteiger partial charge in [0.15, 0.2) is 23.6 Å². The molecule has 0 aromatic heterocycles. The minimum absolute atomic E-state index is 0.000603. The fourth-order valence-electron chi connectivity index (χ4n) is 12.1. The van der Waals surface area contributed by atoms with E-state index in [1.54, 1.807) is 78.9 Å². The Hall–Kier alpha value is -8.07. The van der Waals surface area contributed by atoms with Crippen molar-refractivity contribution >= 4 is 53.4 Å². The van der Waals surface area contributed by atoms with E-state index >= 15 is 4.79 Å². The van der Waals surface area contributed by atoms with Gasteiger partial charge in [0, 0.05) is 57.1 Å². The second-order valence-corrected chi connectivity index (χ2v) is 21.5. The van der Waals surface area contributed by atoms with Crippen molar-refractivity contribution in [3.05, 3.63) is 154 Å². The lowest BCUT2D eigenvalue weighted by atomic mass is 9.44. The number of ether oxygens (including phenoxy) is 6. The van der Waals surface area contributed by atoms with Crippen LogP contribution in [-0.4, -0.2) is 130 Å². The molecular weight excluding hydrogens is 1040 g/mol. The van der Waals surface area contributed by atoms with E-state index in [1.807, 2.05) is 0 Å². The van der Waals surface area contributed by atoms with Gasteiger partial charge in [-0.05, 0) is 78.9 Å². The van der Waals surface area contributed by atoms with Gasteiger partial charge in [-0.3, -0.25) is 24.0 Å². The van der Waals surface area contributed by atoms with Crippen LogP contribution in [-0.2, 0) is 58.8 Å². The predicted molar refractivity (Wildman–Crippen MR) is 281 cm³/mol. The van der Waals surface area contributed by atoms with Crippen LogP contribution in [0.5, 0.6) is 0 Å². The summed E-state index contributed by atoms with van der Waals surface area (Å²) in [6.45, 7) is 7.57. The summed E-state index contributed by atoms with van der Waals surface area (Å²) in [5.74, 6) is -8.72. The first-order valence-electron chi connectivity index (χ1n) is 26.2. The Balaban J connectivity index is 1.19. The standard InChI is InChI=1S/C60H64N2O18/c1-33-42(77-55(72)47(66)46(37-17-10-7-11-18-37)62-52(68)38-19-12-8-13-20-38)31-60(74)51(79-54(71)40-21-14-9-15-22-40)49-58(6,50(67)48(76-34(2)63)45(33)57(60,4)5)43(30-44-59(49,32-75-44)80-35(3)64)78-56(73)61-28-16-23-41(65)29-36-24-26-39(27-25-36)53(69)70/h7-15,17-22,24-27,42-44,46-49,51,66,74H,16,23,28-32H2,1-6H3,(H,61,73)(H,62,68)(H,69,70)/t42-,43-,44+,46-,47+,48+,49-,51-,58+,59-,60+/m0/s1. The number of hydrogen-bond acceptors (Lipinski definition) is 17. The predicted octanol–water partition coefficient (Wildman–Crippen LogP) is 5.76. The smallest absolute Gasteiger partial charge is 0.407 e. The Bertz CT molecular complexity index is 3070. The number of carbonyl (C=O) groups excluding carboxylic acids is 8.